The molecule has 0 aliphatic carbocycles. The number of benzene rings is 2. The average molecular weight is 342 g/mol. The first kappa shape index (κ1) is 17.2. The van der Waals surface area contributed by atoms with E-state index in [0.29, 0.717) is 16.8 Å². The Bertz CT molecular complexity index is 988. The van der Waals surface area contributed by atoms with E-state index in [0.717, 1.165) is 22.5 Å². The Kier molecular flexibility index (Phi) is 4.95. The molecule has 2 N–H and O–H groups in total. The molecule has 3 aromatic rings. The molecular formula is C21H18N4O. The molecule has 0 atom stereocenters. The van der Waals surface area contributed by atoms with Gasteiger partial charge in [-0.1, -0.05) is 12.1 Å². The molecule has 2 aromatic carbocycles. The van der Waals surface area contributed by atoms with Gasteiger partial charge in [0.1, 0.15) is 0 Å². The molecule has 1 amide bonds. The van der Waals surface area contributed by atoms with Crippen molar-refractivity contribution in [3.8, 4) is 6.07 Å². The van der Waals surface area contributed by atoms with Gasteiger partial charge in [-0.2, -0.15) is 5.26 Å². The van der Waals surface area contributed by atoms with E-state index in [-0.39, 0.29) is 5.91 Å². The number of amides is 1. The predicted octanol–water partition coefficient (Wildman–Crippen LogP) is 4.57. The summed E-state index contributed by atoms with van der Waals surface area (Å²) in [6.07, 6.45) is 3.20. The Labute approximate surface area is 152 Å². The highest BCUT2D eigenvalue weighted by Gasteiger charge is 2.08. The van der Waals surface area contributed by atoms with Crippen LogP contribution in [0, 0.1) is 25.2 Å². The van der Waals surface area contributed by atoms with Crippen LogP contribution in [0.2, 0.25) is 0 Å². The summed E-state index contributed by atoms with van der Waals surface area (Å²) in [7, 11) is 0. The Balaban J connectivity index is 1.76. The molecule has 0 bridgehead atoms. The average Bonchev–Trinajstić information content (AvgIpc) is 2.65. The van der Waals surface area contributed by atoms with Crippen molar-refractivity contribution < 1.29 is 4.79 Å². The quantitative estimate of drug-likeness (QED) is 0.728. The molecule has 0 unspecified atom stereocenters. The summed E-state index contributed by atoms with van der Waals surface area (Å²) in [6.45, 7) is 4.06. The molecule has 0 radical (unpaired) electrons. The number of nitrogens with zero attached hydrogens (tertiary/aromatic N) is 2. The highest BCUT2D eigenvalue weighted by atomic mass is 16.1. The molecule has 0 fully saturated rings. The first-order chi connectivity index (χ1) is 12.5. The molecule has 0 aliphatic heterocycles. The van der Waals surface area contributed by atoms with Crippen molar-refractivity contribution in [2.75, 3.05) is 10.6 Å². The molecule has 0 aliphatic rings. The van der Waals surface area contributed by atoms with Crippen LogP contribution in [0.25, 0.3) is 0 Å². The van der Waals surface area contributed by atoms with Crippen LogP contribution in [0.15, 0.2) is 60.9 Å². The number of aryl methyl sites for hydroxylation is 2. The molecule has 5 heteroatoms. The van der Waals surface area contributed by atoms with Crippen molar-refractivity contribution in [2.45, 2.75) is 13.8 Å². The fourth-order valence-corrected chi connectivity index (χ4v) is 2.49. The Hall–Kier alpha value is -3.65. The maximum absolute atomic E-state index is 12.5. The Morgan fingerprint density at radius 1 is 1.00 bits per heavy atom. The second kappa shape index (κ2) is 7.49. The van der Waals surface area contributed by atoms with Crippen LogP contribution in [0.4, 0.5) is 17.1 Å². The van der Waals surface area contributed by atoms with Crippen LogP contribution in [0.3, 0.4) is 0 Å². The maximum Gasteiger partial charge on any atom is 0.257 e. The number of rotatable bonds is 4. The predicted molar refractivity (Wildman–Crippen MR) is 103 cm³/mol. The van der Waals surface area contributed by atoms with Gasteiger partial charge in [-0.05, 0) is 61.4 Å². The number of hydrogen-bond acceptors (Lipinski definition) is 4. The first-order valence-corrected chi connectivity index (χ1v) is 8.16. The van der Waals surface area contributed by atoms with Crippen LogP contribution in [-0.4, -0.2) is 10.9 Å². The van der Waals surface area contributed by atoms with Crippen LogP contribution >= 0.6 is 0 Å². The number of nitrogens with one attached hydrogen (secondary N) is 2. The molecule has 128 valence electrons. The second-order valence-electron chi connectivity index (χ2n) is 6.05. The zero-order chi connectivity index (χ0) is 18.5. The van der Waals surface area contributed by atoms with Gasteiger partial charge in [0.05, 0.1) is 29.1 Å². The SMILES string of the molecule is Cc1ccc(C)c(Nc2cncc(C(=O)Nc3ccc(C#N)cc3)c2)c1. The van der Waals surface area contributed by atoms with Crippen molar-refractivity contribution in [2.24, 2.45) is 0 Å². The van der Waals surface area contributed by atoms with E-state index >= 15 is 0 Å². The second-order valence-corrected chi connectivity index (χ2v) is 6.05. The number of carbonyl (C=O) groups excluding carboxylic acids is 1. The summed E-state index contributed by atoms with van der Waals surface area (Å²) in [5.74, 6) is -0.258. The number of carbonyl (C=O) groups is 1. The highest BCUT2D eigenvalue weighted by molar-refractivity contribution is 6.04. The zero-order valence-corrected chi connectivity index (χ0v) is 14.6. The Morgan fingerprint density at radius 3 is 2.50 bits per heavy atom. The van der Waals surface area contributed by atoms with E-state index in [2.05, 4.69) is 27.8 Å². The summed E-state index contributed by atoms with van der Waals surface area (Å²) < 4.78 is 0. The van der Waals surface area contributed by atoms with Gasteiger partial charge in [-0.15, -0.1) is 0 Å². The van der Waals surface area contributed by atoms with E-state index in [4.69, 9.17) is 5.26 Å². The molecule has 5 nitrogen and oxygen atoms in total. The van der Waals surface area contributed by atoms with Crippen molar-refractivity contribution in [3.05, 3.63) is 83.2 Å². The minimum absolute atomic E-state index is 0.258. The Morgan fingerprint density at radius 2 is 1.77 bits per heavy atom. The van der Waals surface area contributed by atoms with E-state index in [1.54, 1.807) is 36.5 Å². The van der Waals surface area contributed by atoms with Gasteiger partial charge in [-0.3, -0.25) is 9.78 Å². The lowest BCUT2D eigenvalue weighted by atomic mass is 10.1. The van der Waals surface area contributed by atoms with Gasteiger partial charge in [0.25, 0.3) is 5.91 Å². The molecule has 0 saturated heterocycles. The topological polar surface area (TPSA) is 77.8 Å². The lowest BCUT2D eigenvalue weighted by Gasteiger charge is -2.11. The monoisotopic (exact) mass is 342 g/mol. The van der Waals surface area contributed by atoms with Gasteiger partial charge >= 0.3 is 0 Å². The normalized spacial score (nSPS) is 10.0. The summed E-state index contributed by atoms with van der Waals surface area (Å²) in [4.78, 5) is 16.6. The summed E-state index contributed by atoms with van der Waals surface area (Å²) >= 11 is 0. The number of anilines is 3. The largest absolute Gasteiger partial charge is 0.354 e. The number of aromatic nitrogens is 1. The van der Waals surface area contributed by atoms with Crippen molar-refractivity contribution in [1.29, 1.82) is 5.26 Å². The number of pyridine rings is 1. The van der Waals surface area contributed by atoms with Gasteiger partial charge in [0.15, 0.2) is 0 Å². The molecule has 1 aromatic heterocycles. The molecule has 3 rings (SSSR count). The van der Waals surface area contributed by atoms with Gasteiger partial charge in [0, 0.05) is 17.6 Å². The fourth-order valence-electron chi connectivity index (χ4n) is 2.49. The lowest BCUT2D eigenvalue weighted by Crippen LogP contribution is -2.12. The van der Waals surface area contributed by atoms with E-state index in [9.17, 15) is 4.79 Å². The molecular weight excluding hydrogens is 324 g/mol. The van der Waals surface area contributed by atoms with Gasteiger partial charge in [-0.25, -0.2) is 0 Å². The number of hydrogen-bond donors (Lipinski definition) is 2. The summed E-state index contributed by atoms with van der Waals surface area (Å²) in [6, 6.07) is 16.7. The summed E-state index contributed by atoms with van der Waals surface area (Å²) in [5.41, 5.74) is 5.61. The van der Waals surface area contributed by atoms with Crippen LogP contribution in [0.1, 0.15) is 27.0 Å². The van der Waals surface area contributed by atoms with Crippen molar-refractivity contribution >= 4 is 23.0 Å². The zero-order valence-electron chi connectivity index (χ0n) is 14.6. The third-order valence-electron chi connectivity index (χ3n) is 3.94. The molecule has 0 spiro atoms. The van der Waals surface area contributed by atoms with Crippen LogP contribution in [0.5, 0.6) is 0 Å². The van der Waals surface area contributed by atoms with Gasteiger partial charge < -0.3 is 10.6 Å². The first-order valence-electron chi connectivity index (χ1n) is 8.16. The van der Waals surface area contributed by atoms with Gasteiger partial charge in [0.2, 0.25) is 0 Å². The molecule has 1 heterocycles. The highest BCUT2D eigenvalue weighted by Crippen LogP contribution is 2.22. The van der Waals surface area contributed by atoms with Crippen LogP contribution in [-0.2, 0) is 0 Å². The fraction of sp³-hybridized carbons (Fsp3) is 0.0952. The molecule has 26 heavy (non-hydrogen) atoms. The number of nitriles is 1. The van der Waals surface area contributed by atoms with E-state index in [1.165, 1.54) is 6.20 Å². The lowest BCUT2D eigenvalue weighted by molar-refractivity contribution is 0.102. The smallest absolute Gasteiger partial charge is 0.257 e. The van der Waals surface area contributed by atoms with Crippen molar-refractivity contribution in [3.63, 3.8) is 0 Å². The van der Waals surface area contributed by atoms with Crippen LogP contribution < -0.4 is 10.6 Å². The van der Waals surface area contributed by atoms with Crippen molar-refractivity contribution in [1.82, 2.24) is 4.98 Å². The van der Waals surface area contributed by atoms with E-state index in [1.807, 2.05) is 26.0 Å². The summed E-state index contributed by atoms with van der Waals surface area (Å²) in [5, 5.41) is 14.9. The molecule has 0 saturated carbocycles. The van der Waals surface area contributed by atoms with E-state index < -0.39 is 0 Å². The third kappa shape index (κ3) is 4.05. The third-order valence-corrected chi connectivity index (χ3v) is 3.94. The standard InChI is InChI=1S/C21H18N4O/c1-14-3-4-15(2)20(9-14)24-19-10-17(12-23-13-19)21(26)25-18-7-5-16(11-22)6-8-18/h3-10,12-13,24H,1-2H3,(H,25,26). The minimum Gasteiger partial charge on any atom is -0.354 e. The minimum atomic E-state index is -0.258. The maximum atomic E-state index is 12.5.